The standard InChI is InChI=1S/C16H22N2O2/c1-18(11-12-5-4-9-17-12)16(19)14-8-10-20-15-7-3-2-6-13(14)15/h2-3,6-7,12,14,17H,4-5,8-11H2,1H3. The summed E-state index contributed by atoms with van der Waals surface area (Å²) in [7, 11) is 1.92. The summed E-state index contributed by atoms with van der Waals surface area (Å²) in [5.74, 6) is 1.03. The molecule has 2 atom stereocenters. The number of rotatable bonds is 3. The lowest BCUT2D eigenvalue weighted by Gasteiger charge is -2.30. The van der Waals surface area contributed by atoms with Crippen molar-refractivity contribution in [3.63, 3.8) is 0 Å². The number of fused-ring (bicyclic) bond motifs is 1. The average Bonchev–Trinajstić information content (AvgIpc) is 2.99. The van der Waals surface area contributed by atoms with E-state index in [-0.39, 0.29) is 11.8 Å². The van der Waals surface area contributed by atoms with E-state index in [1.54, 1.807) is 0 Å². The predicted molar refractivity (Wildman–Crippen MR) is 78.0 cm³/mol. The van der Waals surface area contributed by atoms with Crippen molar-refractivity contribution in [3.05, 3.63) is 29.8 Å². The largest absolute Gasteiger partial charge is 0.493 e. The number of nitrogens with one attached hydrogen (secondary N) is 1. The van der Waals surface area contributed by atoms with Gasteiger partial charge in [0.1, 0.15) is 5.75 Å². The van der Waals surface area contributed by atoms with E-state index in [2.05, 4.69) is 5.32 Å². The molecule has 4 heteroatoms. The van der Waals surface area contributed by atoms with Crippen molar-refractivity contribution in [2.45, 2.75) is 31.2 Å². The van der Waals surface area contributed by atoms with Crippen molar-refractivity contribution in [3.8, 4) is 5.75 Å². The summed E-state index contributed by atoms with van der Waals surface area (Å²) < 4.78 is 5.63. The van der Waals surface area contributed by atoms with Gasteiger partial charge in [-0.05, 0) is 31.9 Å². The highest BCUT2D eigenvalue weighted by Gasteiger charge is 2.30. The van der Waals surface area contributed by atoms with Gasteiger partial charge in [-0.1, -0.05) is 18.2 Å². The summed E-state index contributed by atoms with van der Waals surface area (Å²) in [5.41, 5.74) is 1.04. The van der Waals surface area contributed by atoms with Gasteiger partial charge in [0.15, 0.2) is 0 Å². The minimum atomic E-state index is -0.0497. The Bertz CT molecular complexity index is 483. The summed E-state index contributed by atoms with van der Waals surface area (Å²) >= 11 is 0. The number of likely N-dealkylation sites (N-methyl/N-ethyl adjacent to an activating group) is 1. The molecular weight excluding hydrogens is 252 g/mol. The van der Waals surface area contributed by atoms with Crippen LogP contribution in [0.5, 0.6) is 5.75 Å². The lowest BCUT2D eigenvalue weighted by molar-refractivity contribution is -0.132. The zero-order valence-electron chi connectivity index (χ0n) is 12.0. The van der Waals surface area contributed by atoms with Gasteiger partial charge in [0, 0.05) is 25.2 Å². The van der Waals surface area contributed by atoms with Crippen LogP contribution >= 0.6 is 0 Å². The van der Waals surface area contributed by atoms with Gasteiger partial charge in [-0.2, -0.15) is 0 Å². The van der Waals surface area contributed by atoms with Gasteiger partial charge >= 0.3 is 0 Å². The monoisotopic (exact) mass is 274 g/mol. The van der Waals surface area contributed by atoms with Crippen LogP contribution in [0.1, 0.15) is 30.7 Å². The van der Waals surface area contributed by atoms with Crippen molar-refractivity contribution in [1.29, 1.82) is 0 Å². The molecule has 0 saturated carbocycles. The topological polar surface area (TPSA) is 41.6 Å². The van der Waals surface area contributed by atoms with Crippen LogP contribution in [0.3, 0.4) is 0 Å². The van der Waals surface area contributed by atoms with Crippen LogP contribution < -0.4 is 10.1 Å². The van der Waals surface area contributed by atoms with Gasteiger partial charge in [-0.25, -0.2) is 0 Å². The number of para-hydroxylation sites is 1. The summed E-state index contributed by atoms with van der Waals surface area (Å²) in [6.45, 7) is 2.51. The Morgan fingerprint density at radius 2 is 2.25 bits per heavy atom. The van der Waals surface area contributed by atoms with Gasteiger partial charge in [-0.3, -0.25) is 4.79 Å². The van der Waals surface area contributed by atoms with E-state index < -0.39 is 0 Å². The normalized spacial score (nSPS) is 24.9. The second-order valence-corrected chi connectivity index (χ2v) is 5.74. The number of hydrogen-bond acceptors (Lipinski definition) is 3. The molecular formula is C16H22N2O2. The molecule has 2 heterocycles. The Balaban J connectivity index is 1.70. The van der Waals surface area contributed by atoms with E-state index in [0.29, 0.717) is 12.6 Å². The molecule has 1 N–H and O–H groups in total. The zero-order valence-corrected chi connectivity index (χ0v) is 12.0. The fourth-order valence-corrected chi connectivity index (χ4v) is 3.20. The molecule has 2 aliphatic heterocycles. The van der Waals surface area contributed by atoms with E-state index in [4.69, 9.17) is 4.74 Å². The molecule has 20 heavy (non-hydrogen) atoms. The van der Waals surface area contributed by atoms with Crippen LogP contribution in [0.15, 0.2) is 24.3 Å². The number of carbonyl (C=O) groups is 1. The van der Waals surface area contributed by atoms with Gasteiger partial charge in [0.2, 0.25) is 5.91 Å². The minimum Gasteiger partial charge on any atom is -0.493 e. The molecule has 0 radical (unpaired) electrons. The van der Waals surface area contributed by atoms with Crippen LogP contribution in [-0.4, -0.2) is 43.6 Å². The molecule has 2 unspecified atom stereocenters. The first-order valence-electron chi connectivity index (χ1n) is 7.46. The minimum absolute atomic E-state index is 0.0497. The predicted octanol–water partition coefficient (Wildman–Crippen LogP) is 1.76. The highest BCUT2D eigenvalue weighted by molar-refractivity contribution is 5.84. The van der Waals surface area contributed by atoms with Crippen LogP contribution in [0.25, 0.3) is 0 Å². The van der Waals surface area contributed by atoms with Crippen LogP contribution in [0.4, 0.5) is 0 Å². The molecule has 0 spiro atoms. The molecule has 1 fully saturated rings. The second-order valence-electron chi connectivity index (χ2n) is 5.74. The molecule has 3 rings (SSSR count). The highest BCUT2D eigenvalue weighted by Crippen LogP contribution is 2.34. The maximum Gasteiger partial charge on any atom is 0.230 e. The molecule has 1 aromatic rings. The molecule has 0 aliphatic carbocycles. The first-order chi connectivity index (χ1) is 9.75. The number of benzene rings is 1. The molecule has 1 amide bonds. The number of nitrogens with zero attached hydrogens (tertiary/aromatic N) is 1. The number of ether oxygens (including phenoxy) is 1. The van der Waals surface area contributed by atoms with Gasteiger partial charge in [-0.15, -0.1) is 0 Å². The molecule has 0 aromatic heterocycles. The van der Waals surface area contributed by atoms with Crippen molar-refractivity contribution in [2.24, 2.45) is 0 Å². The summed E-state index contributed by atoms with van der Waals surface area (Å²) in [6.07, 6.45) is 3.16. The SMILES string of the molecule is CN(CC1CCCN1)C(=O)C1CCOc2ccccc21. The third-order valence-electron chi connectivity index (χ3n) is 4.29. The van der Waals surface area contributed by atoms with Crippen molar-refractivity contribution < 1.29 is 9.53 Å². The van der Waals surface area contributed by atoms with Crippen LogP contribution in [0.2, 0.25) is 0 Å². The fourth-order valence-electron chi connectivity index (χ4n) is 3.20. The van der Waals surface area contributed by atoms with E-state index in [1.165, 1.54) is 12.8 Å². The number of carbonyl (C=O) groups excluding carboxylic acids is 1. The van der Waals surface area contributed by atoms with Gasteiger partial charge in [0.25, 0.3) is 0 Å². The van der Waals surface area contributed by atoms with E-state index in [9.17, 15) is 4.79 Å². The fraction of sp³-hybridized carbons (Fsp3) is 0.562. The maximum absolute atomic E-state index is 12.7. The summed E-state index contributed by atoms with van der Waals surface area (Å²) in [4.78, 5) is 14.6. The van der Waals surface area contributed by atoms with Crippen molar-refractivity contribution in [2.75, 3.05) is 26.7 Å². The lowest BCUT2D eigenvalue weighted by Crippen LogP contribution is -2.41. The third kappa shape index (κ3) is 2.66. The molecule has 2 aliphatic rings. The maximum atomic E-state index is 12.7. The Kier molecular flexibility index (Phi) is 3.92. The zero-order chi connectivity index (χ0) is 13.9. The molecule has 1 aromatic carbocycles. The molecule has 1 saturated heterocycles. The molecule has 4 nitrogen and oxygen atoms in total. The van der Waals surface area contributed by atoms with Gasteiger partial charge in [0.05, 0.1) is 12.5 Å². The van der Waals surface area contributed by atoms with Crippen molar-refractivity contribution in [1.82, 2.24) is 10.2 Å². The lowest BCUT2D eigenvalue weighted by atomic mass is 9.92. The van der Waals surface area contributed by atoms with Gasteiger partial charge < -0.3 is 15.0 Å². The van der Waals surface area contributed by atoms with E-state index >= 15 is 0 Å². The quantitative estimate of drug-likeness (QED) is 0.913. The van der Waals surface area contributed by atoms with Crippen molar-refractivity contribution >= 4 is 5.91 Å². The first kappa shape index (κ1) is 13.4. The van der Waals surface area contributed by atoms with E-state index in [0.717, 1.165) is 30.8 Å². The Morgan fingerprint density at radius 1 is 1.40 bits per heavy atom. The Labute approximate surface area is 120 Å². The molecule has 108 valence electrons. The third-order valence-corrected chi connectivity index (χ3v) is 4.29. The number of amides is 1. The first-order valence-corrected chi connectivity index (χ1v) is 7.46. The smallest absolute Gasteiger partial charge is 0.230 e. The summed E-state index contributed by atoms with van der Waals surface area (Å²) in [6, 6.07) is 8.36. The Hall–Kier alpha value is -1.55. The Morgan fingerprint density at radius 3 is 3.05 bits per heavy atom. The highest BCUT2D eigenvalue weighted by atomic mass is 16.5. The van der Waals surface area contributed by atoms with Crippen LogP contribution in [-0.2, 0) is 4.79 Å². The van der Waals surface area contributed by atoms with E-state index in [1.807, 2.05) is 36.2 Å². The second kappa shape index (κ2) is 5.83. The summed E-state index contributed by atoms with van der Waals surface area (Å²) in [5, 5.41) is 3.45. The van der Waals surface area contributed by atoms with Crippen LogP contribution in [0, 0.1) is 0 Å². The molecule has 0 bridgehead atoms. The average molecular weight is 274 g/mol. The number of hydrogen-bond donors (Lipinski definition) is 1.